The molecule has 5 heteroatoms. The summed E-state index contributed by atoms with van der Waals surface area (Å²) in [6, 6.07) is 7.57. The molecule has 1 aliphatic heterocycles. The maximum absolute atomic E-state index is 5.83. The third-order valence-electron chi connectivity index (χ3n) is 2.69. The van der Waals surface area contributed by atoms with E-state index < -0.39 is 0 Å². The lowest BCUT2D eigenvalue weighted by molar-refractivity contribution is 0.521. The lowest BCUT2D eigenvalue weighted by Gasteiger charge is -2.15. The number of rotatable bonds is 2. The van der Waals surface area contributed by atoms with Gasteiger partial charge in [0.05, 0.1) is 6.21 Å². The molecule has 0 aliphatic carbocycles. The highest BCUT2D eigenvalue weighted by Gasteiger charge is 2.06. The van der Waals surface area contributed by atoms with Gasteiger partial charge >= 0.3 is 0 Å². The average molecular weight is 265 g/mol. The van der Waals surface area contributed by atoms with Crippen LogP contribution in [0.5, 0.6) is 0 Å². The third-order valence-corrected chi connectivity index (χ3v) is 2.94. The minimum atomic E-state index is 0.732. The van der Waals surface area contributed by atoms with E-state index in [0.29, 0.717) is 0 Å². The summed E-state index contributed by atoms with van der Waals surface area (Å²) in [6.45, 7) is 1.82. The molecule has 18 heavy (non-hydrogen) atoms. The zero-order valence-corrected chi connectivity index (χ0v) is 11.2. The van der Waals surface area contributed by atoms with Gasteiger partial charge in [-0.1, -0.05) is 23.7 Å². The molecule has 1 heterocycles. The van der Waals surface area contributed by atoms with Crippen LogP contribution in [-0.2, 0) is 0 Å². The van der Waals surface area contributed by atoms with Gasteiger partial charge in [-0.15, -0.1) is 0 Å². The summed E-state index contributed by atoms with van der Waals surface area (Å²) >= 11 is 5.83. The number of halogens is 1. The second-order valence-electron chi connectivity index (χ2n) is 4.16. The highest BCUT2D eigenvalue weighted by Crippen LogP contribution is 2.08. The molecule has 0 saturated carbocycles. The number of hydrazone groups is 1. The van der Waals surface area contributed by atoms with E-state index in [9.17, 15) is 0 Å². The zero-order chi connectivity index (χ0) is 12.8. The fraction of sp³-hybridized carbons (Fsp3) is 0.385. The summed E-state index contributed by atoms with van der Waals surface area (Å²) in [7, 11) is 1.89. The number of nitrogens with zero attached hydrogens (tertiary/aromatic N) is 3. The molecular weight excluding hydrogens is 248 g/mol. The first-order valence-corrected chi connectivity index (χ1v) is 6.45. The molecule has 4 nitrogen and oxygen atoms in total. The molecule has 96 valence electrons. The highest BCUT2D eigenvalue weighted by molar-refractivity contribution is 6.30. The Morgan fingerprint density at radius 1 is 1.33 bits per heavy atom. The Balaban J connectivity index is 1.99. The minimum absolute atomic E-state index is 0.732. The normalized spacial score (nSPS) is 16.0. The van der Waals surface area contributed by atoms with Crippen molar-refractivity contribution in [1.29, 1.82) is 0 Å². The predicted molar refractivity (Wildman–Crippen MR) is 76.3 cm³/mol. The maximum Gasteiger partial charge on any atom is 0.214 e. The first-order chi connectivity index (χ1) is 8.75. The van der Waals surface area contributed by atoms with Crippen LogP contribution in [0.2, 0.25) is 5.02 Å². The molecule has 0 atom stereocenters. The Morgan fingerprint density at radius 2 is 2.11 bits per heavy atom. The molecule has 0 aromatic heterocycles. The number of benzene rings is 1. The molecule has 1 aromatic carbocycles. The summed E-state index contributed by atoms with van der Waals surface area (Å²) in [4.78, 5) is 4.45. The van der Waals surface area contributed by atoms with Crippen LogP contribution >= 0.6 is 11.6 Å². The van der Waals surface area contributed by atoms with Crippen molar-refractivity contribution in [2.75, 3.05) is 20.1 Å². The predicted octanol–water partition coefficient (Wildman–Crippen LogP) is 2.35. The smallest absolute Gasteiger partial charge is 0.214 e. The number of hydrogen-bond acceptors (Lipinski definition) is 4. The van der Waals surface area contributed by atoms with Crippen LogP contribution in [-0.4, -0.2) is 37.3 Å². The van der Waals surface area contributed by atoms with Crippen LogP contribution in [0.4, 0.5) is 0 Å². The number of nitrogens with one attached hydrogen (secondary N) is 1. The molecule has 0 radical (unpaired) electrons. The van der Waals surface area contributed by atoms with Gasteiger partial charge in [0.25, 0.3) is 0 Å². The molecule has 0 bridgehead atoms. The van der Waals surface area contributed by atoms with Crippen LogP contribution in [0.25, 0.3) is 0 Å². The topological polar surface area (TPSA) is 40.0 Å². The molecule has 0 amide bonds. The number of aliphatic imine (C=N–C) groups is 1. The lowest BCUT2D eigenvalue weighted by atomic mass is 10.2. The molecule has 2 rings (SSSR count). The van der Waals surface area contributed by atoms with Gasteiger partial charge in [-0.05, 0) is 30.5 Å². The number of guanidine groups is 1. The molecule has 0 spiro atoms. The van der Waals surface area contributed by atoms with E-state index in [-0.39, 0.29) is 0 Å². The van der Waals surface area contributed by atoms with Crippen LogP contribution < -0.4 is 5.32 Å². The molecular formula is C13H17ClN4. The van der Waals surface area contributed by atoms with E-state index in [1.165, 1.54) is 0 Å². The van der Waals surface area contributed by atoms with Gasteiger partial charge < -0.3 is 5.32 Å². The largest absolute Gasteiger partial charge is 0.355 e. The van der Waals surface area contributed by atoms with Gasteiger partial charge in [-0.3, -0.25) is 4.99 Å². The number of hydrogen-bond donors (Lipinski definition) is 1. The van der Waals surface area contributed by atoms with Gasteiger partial charge in [0, 0.05) is 25.2 Å². The van der Waals surface area contributed by atoms with Gasteiger partial charge in [0.1, 0.15) is 0 Å². The SMILES string of the molecule is CN(/N=C/c1ccc(Cl)cc1)C1=NCCCCN1. The van der Waals surface area contributed by atoms with Gasteiger partial charge in [-0.25, -0.2) is 5.01 Å². The van der Waals surface area contributed by atoms with Gasteiger partial charge in [0.15, 0.2) is 0 Å². The van der Waals surface area contributed by atoms with Gasteiger partial charge in [0.2, 0.25) is 5.96 Å². The Hall–Kier alpha value is -1.55. The zero-order valence-electron chi connectivity index (χ0n) is 10.4. The highest BCUT2D eigenvalue weighted by atomic mass is 35.5. The fourth-order valence-electron chi connectivity index (χ4n) is 1.65. The summed E-state index contributed by atoms with van der Waals surface area (Å²) in [5, 5.41) is 10.1. The Bertz CT molecular complexity index is 439. The first-order valence-electron chi connectivity index (χ1n) is 6.07. The summed E-state index contributed by atoms with van der Waals surface area (Å²) in [6.07, 6.45) is 4.08. The van der Waals surface area contributed by atoms with Crippen molar-refractivity contribution in [1.82, 2.24) is 10.3 Å². The van der Waals surface area contributed by atoms with Crippen molar-refractivity contribution in [3.63, 3.8) is 0 Å². The van der Waals surface area contributed by atoms with Crippen molar-refractivity contribution < 1.29 is 0 Å². The van der Waals surface area contributed by atoms with E-state index in [4.69, 9.17) is 11.6 Å². The standard InChI is InChI=1S/C13H17ClN4/c1-18(13-15-8-2-3-9-16-13)17-10-11-4-6-12(14)7-5-11/h4-7,10H,2-3,8-9H2,1H3,(H,15,16)/b17-10+. The fourth-order valence-corrected chi connectivity index (χ4v) is 1.78. The van der Waals surface area contributed by atoms with E-state index in [0.717, 1.165) is 42.5 Å². The minimum Gasteiger partial charge on any atom is -0.355 e. The van der Waals surface area contributed by atoms with E-state index in [1.54, 1.807) is 11.2 Å². The van der Waals surface area contributed by atoms with Gasteiger partial charge in [-0.2, -0.15) is 5.10 Å². The maximum atomic E-state index is 5.83. The second kappa shape index (κ2) is 6.40. The summed E-state index contributed by atoms with van der Waals surface area (Å²) in [5.74, 6) is 0.831. The van der Waals surface area contributed by atoms with Crippen molar-refractivity contribution in [3.05, 3.63) is 34.9 Å². The van der Waals surface area contributed by atoms with Crippen LogP contribution in [0.1, 0.15) is 18.4 Å². The quantitative estimate of drug-likeness (QED) is 0.658. The van der Waals surface area contributed by atoms with E-state index in [1.807, 2.05) is 31.3 Å². The van der Waals surface area contributed by atoms with Crippen molar-refractivity contribution in [2.24, 2.45) is 10.1 Å². The summed E-state index contributed by atoms with van der Waals surface area (Å²) < 4.78 is 0. The van der Waals surface area contributed by atoms with E-state index in [2.05, 4.69) is 15.4 Å². The average Bonchev–Trinajstić information content (AvgIpc) is 2.66. The second-order valence-corrected chi connectivity index (χ2v) is 4.60. The Kier molecular flexibility index (Phi) is 4.59. The van der Waals surface area contributed by atoms with Crippen LogP contribution in [0.15, 0.2) is 34.4 Å². The van der Waals surface area contributed by atoms with Crippen molar-refractivity contribution in [2.45, 2.75) is 12.8 Å². The lowest BCUT2D eigenvalue weighted by Crippen LogP contribution is -2.35. The van der Waals surface area contributed by atoms with Crippen molar-refractivity contribution >= 4 is 23.8 Å². The molecule has 1 aromatic rings. The first kappa shape index (κ1) is 12.9. The van der Waals surface area contributed by atoms with Crippen LogP contribution in [0.3, 0.4) is 0 Å². The molecule has 1 aliphatic rings. The Morgan fingerprint density at radius 3 is 2.89 bits per heavy atom. The third kappa shape index (κ3) is 3.74. The molecule has 1 N–H and O–H groups in total. The molecule has 0 fully saturated rings. The molecule has 0 unspecified atom stereocenters. The van der Waals surface area contributed by atoms with Crippen LogP contribution in [0, 0.1) is 0 Å². The Labute approximate surface area is 112 Å². The van der Waals surface area contributed by atoms with E-state index >= 15 is 0 Å². The monoisotopic (exact) mass is 264 g/mol. The van der Waals surface area contributed by atoms with Crippen molar-refractivity contribution in [3.8, 4) is 0 Å². The molecule has 0 saturated heterocycles. The summed E-state index contributed by atoms with van der Waals surface area (Å²) in [5.41, 5.74) is 1.01.